The Morgan fingerprint density at radius 1 is 1.40 bits per heavy atom. The fourth-order valence-electron chi connectivity index (χ4n) is 1.84. The lowest BCUT2D eigenvalue weighted by Gasteiger charge is -1.94. The summed E-state index contributed by atoms with van der Waals surface area (Å²) in [6.45, 7) is -0.00594. The molecule has 15 heavy (non-hydrogen) atoms. The van der Waals surface area contributed by atoms with E-state index in [9.17, 15) is 10.1 Å². The molecule has 0 unspecified atom stereocenters. The van der Waals surface area contributed by atoms with Crippen LogP contribution in [0.25, 0.3) is 10.9 Å². The van der Waals surface area contributed by atoms with Gasteiger partial charge in [0.25, 0.3) is 0 Å². The highest BCUT2D eigenvalue weighted by atomic mass is 16.6. The Morgan fingerprint density at radius 3 is 2.87 bits per heavy atom. The second-order valence-electron chi connectivity index (χ2n) is 3.59. The fraction of sp³-hybridized carbons (Fsp3) is 0.273. The first-order valence-electron chi connectivity index (χ1n) is 4.83. The van der Waals surface area contributed by atoms with Crippen LogP contribution in [0, 0.1) is 10.1 Å². The maximum Gasteiger partial charge on any atom is 0.207 e. The van der Waals surface area contributed by atoms with E-state index in [1.807, 2.05) is 42.1 Å². The van der Waals surface area contributed by atoms with E-state index in [0.29, 0.717) is 6.42 Å². The zero-order valence-electron chi connectivity index (χ0n) is 8.51. The van der Waals surface area contributed by atoms with E-state index in [4.69, 9.17) is 0 Å². The number of rotatable bonds is 3. The summed E-state index contributed by atoms with van der Waals surface area (Å²) in [7, 11) is 1.96. The first-order valence-corrected chi connectivity index (χ1v) is 4.83. The standard InChI is InChI=1S/C11H12N2O2/c1-12-8-9(6-7-13(14)15)10-4-2-3-5-11(10)12/h2-5,8H,6-7H2,1H3. The van der Waals surface area contributed by atoms with Crippen molar-refractivity contribution in [3.8, 4) is 0 Å². The molecule has 0 fully saturated rings. The molecule has 0 saturated carbocycles. The molecule has 0 radical (unpaired) electrons. The quantitative estimate of drug-likeness (QED) is 0.567. The minimum atomic E-state index is -0.276. The number of hydrogen-bond donors (Lipinski definition) is 0. The van der Waals surface area contributed by atoms with Gasteiger partial charge in [-0.2, -0.15) is 0 Å². The van der Waals surface area contributed by atoms with Crippen LogP contribution in [0.3, 0.4) is 0 Å². The Bertz CT molecular complexity index is 502. The first-order chi connectivity index (χ1) is 7.18. The molecule has 4 heteroatoms. The van der Waals surface area contributed by atoms with E-state index in [-0.39, 0.29) is 11.5 Å². The van der Waals surface area contributed by atoms with Gasteiger partial charge in [-0.3, -0.25) is 10.1 Å². The van der Waals surface area contributed by atoms with Crippen molar-refractivity contribution in [3.63, 3.8) is 0 Å². The van der Waals surface area contributed by atoms with E-state index >= 15 is 0 Å². The fourth-order valence-corrected chi connectivity index (χ4v) is 1.84. The number of aryl methyl sites for hydroxylation is 1. The van der Waals surface area contributed by atoms with Crippen LogP contribution in [0.2, 0.25) is 0 Å². The lowest BCUT2D eigenvalue weighted by atomic mass is 10.1. The van der Waals surface area contributed by atoms with Gasteiger partial charge in [0.15, 0.2) is 0 Å². The number of benzene rings is 1. The molecule has 1 aromatic carbocycles. The van der Waals surface area contributed by atoms with E-state index in [1.165, 1.54) is 0 Å². The number of fused-ring (bicyclic) bond motifs is 1. The molecule has 0 bridgehead atoms. The number of hydrogen-bond acceptors (Lipinski definition) is 2. The van der Waals surface area contributed by atoms with Gasteiger partial charge in [-0.15, -0.1) is 0 Å². The van der Waals surface area contributed by atoms with Crippen LogP contribution in [0.5, 0.6) is 0 Å². The summed E-state index contributed by atoms with van der Waals surface area (Å²) in [5.74, 6) is 0. The van der Waals surface area contributed by atoms with Gasteiger partial charge in [0.05, 0.1) is 0 Å². The van der Waals surface area contributed by atoms with E-state index < -0.39 is 0 Å². The topological polar surface area (TPSA) is 48.1 Å². The molecule has 4 nitrogen and oxygen atoms in total. The molecule has 1 aromatic heterocycles. The number of aromatic nitrogens is 1. The van der Waals surface area contributed by atoms with Crippen LogP contribution in [0.15, 0.2) is 30.5 Å². The van der Waals surface area contributed by atoms with Crippen LogP contribution in [0.1, 0.15) is 5.56 Å². The summed E-state index contributed by atoms with van der Waals surface area (Å²) in [5.41, 5.74) is 2.17. The molecule has 2 rings (SSSR count). The molecule has 0 N–H and O–H groups in total. The maximum atomic E-state index is 10.3. The van der Waals surface area contributed by atoms with Gasteiger partial charge in [0.1, 0.15) is 0 Å². The minimum absolute atomic E-state index is 0.00594. The largest absolute Gasteiger partial charge is 0.350 e. The molecular formula is C11H12N2O2. The lowest BCUT2D eigenvalue weighted by Crippen LogP contribution is -2.03. The van der Waals surface area contributed by atoms with Crippen LogP contribution >= 0.6 is 0 Å². The molecular weight excluding hydrogens is 192 g/mol. The number of nitrogens with zero attached hydrogens (tertiary/aromatic N) is 2. The Labute approximate surface area is 87.3 Å². The molecule has 78 valence electrons. The minimum Gasteiger partial charge on any atom is -0.350 e. The van der Waals surface area contributed by atoms with Gasteiger partial charge in [-0.05, 0) is 11.6 Å². The molecule has 0 atom stereocenters. The lowest BCUT2D eigenvalue weighted by molar-refractivity contribution is -0.479. The van der Waals surface area contributed by atoms with Gasteiger partial charge in [-0.1, -0.05) is 18.2 Å². The zero-order valence-corrected chi connectivity index (χ0v) is 8.51. The van der Waals surface area contributed by atoms with Crippen molar-refractivity contribution < 1.29 is 4.92 Å². The first kappa shape index (κ1) is 9.71. The third-order valence-corrected chi connectivity index (χ3v) is 2.54. The Morgan fingerprint density at radius 2 is 2.13 bits per heavy atom. The SMILES string of the molecule is Cn1cc(CC[N+](=O)[O-])c2ccccc21. The second-order valence-corrected chi connectivity index (χ2v) is 3.59. The molecule has 2 aromatic rings. The van der Waals surface area contributed by atoms with Crippen molar-refractivity contribution in [3.05, 3.63) is 46.1 Å². The summed E-state index contributed by atoms with van der Waals surface area (Å²) < 4.78 is 2.00. The zero-order chi connectivity index (χ0) is 10.8. The summed E-state index contributed by atoms with van der Waals surface area (Å²) in [5, 5.41) is 11.4. The van der Waals surface area contributed by atoms with Crippen LogP contribution in [0.4, 0.5) is 0 Å². The van der Waals surface area contributed by atoms with Crippen molar-refractivity contribution >= 4 is 10.9 Å². The van der Waals surface area contributed by atoms with Gasteiger partial charge in [0.2, 0.25) is 6.54 Å². The monoisotopic (exact) mass is 204 g/mol. The normalized spacial score (nSPS) is 10.7. The van der Waals surface area contributed by atoms with Gasteiger partial charge in [0, 0.05) is 35.5 Å². The predicted molar refractivity (Wildman–Crippen MR) is 58.5 cm³/mol. The summed E-state index contributed by atoms with van der Waals surface area (Å²) in [6, 6.07) is 7.95. The van der Waals surface area contributed by atoms with Crippen LogP contribution in [-0.4, -0.2) is 16.0 Å². The number of para-hydroxylation sites is 1. The van der Waals surface area contributed by atoms with Gasteiger partial charge in [-0.25, -0.2) is 0 Å². The average Bonchev–Trinajstić information content (AvgIpc) is 2.54. The Kier molecular flexibility index (Phi) is 2.41. The van der Waals surface area contributed by atoms with E-state index in [0.717, 1.165) is 16.5 Å². The van der Waals surface area contributed by atoms with Crippen molar-refractivity contribution in [1.82, 2.24) is 4.57 Å². The highest BCUT2D eigenvalue weighted by Gasteiger charge is 2.07. The Hall–Kier alpha value is -1.84. The predicted octanol–water partition coefficient (Wildman–Crippen LogP) is 2.00. The molecule has 1 heterocycles. The third-order valence-electron chi connectivity index (χ3n) is 2.54. The van der Waals surface area contributed by atoms with Crippen molar-refractivity contribution in [2.45, 2.75) is 6.42 Å². The molecule has 0 aliphatic carbocycles. The average molecular weight is 204 g/mol. The highest BCUT2D eigenvalue weighted by molar-refractivity contribution is 5.83. The van der Waals surface area contributed by atoms with E-state index in [1.54, 1.807) is 0 Å². The molecule has 0 amide bonds. The third kappa shape index (κ3) is 1.83. The van der Waals surface area contributed by atoms with Gasteiger partial charge >= 0.3 is 0 Å². The summed E-state index contributed by atoms with van der Waals surface area (Å²) in [4.78, 5) is 10.0. The number of nitro groups is 1. The summed E-state index contributed by atoms with van der Waals surface area (Å²) in [6.07, 6.45) is 2.46. The molecule has 0 aliphatic heterocycles. The van der Waals surface area contributed by atoms with Crippen molar-refractivity contribution in [2.24, 2.45) is 7.05 Å². The van der Waals surface area contributed by atoms with E-state index in [2.05, 4.69) is 0 Å². The second kappa shape index (κ2) is 3.73. The van der Waals surface area contributed by atoms with Gasteiger partial charge < -0.3 is 4.57 Å². The van der Waals surface area contributed by atoms with Crippen LogP contribution < -0.4 is 0 Å². The van der Waals surface area contributed by atoms with Crippen molar-refractivity contribution in [2.75, 3.05) is 6.54 Å². The summed E-state index contributed by atoms with van der Waals surface area (Å²) >= 11 is 0. The molecule has 0 spiro atoms. The maximum absolute atomic E-state index is 10.3. The molecule has 0 saturated heterocycles. The van der Waals surface area contributed by atoms with Crippen LogP contribution in [-0.2, 0) is 13.5 Å². The Balaban J connectivity index is 2.39. The van der Waals surface area contributed by atoms with Crippen molar-refractivity contribution in [1.29, 1.82) is 0 Å². The smallest absolute Gasteiger partial charge is 0.207 e. The molecule has 0 aliphatic rings. The highest BCUT2D eigenvalue weighted by Crippen LogP contribution is 2.20.